The summed E-state index contributed by atoms with van der Waals surface area (Å²) in [5.41, 5.74) is 9.17. The number of rotatable bonds is 4. The quantitative estimate of drug-likeness (QED) is 0.146. The highest BCUT2D eigenvalue weighted by molar-refractivity contribution is 6.31. The van der Waals surface area contributed by atoms with Crippen LogP contribution in [-0.2, 0) is 0 Å². The first kappa shape index (κ1) is 26.7. The molecule has 11 heteroatoms. The maximum atomic E-state index is 10.8. The van der Waals surface area contributed by atoms with Crippen LogP contribution in [0.3, 0.4) is 0 Å². The van der Waals surface area contributed by atoms with Crippen molar-refractivity contribution in [2.24, 2.45) is 0 Å². The fourth-order valence-electron chi connectivity index (χ4n) is 2.68. The SMILES string of the molecule is Cc1cccc(N)c1.Cc1cccc(Nc2ncccc2[N+](=O)[O-])c1.O=[N+]([O-])c1cccnc1Cl. The summed E-state index contributed by atoms with van der Waals surface area (Å²) in [6.45, 7) is 3.98. The van der Waals surface area contributed by atoms with E-state index in [1.807, 2.05) is 62.4 Å². The van der Waals surface area contributed by atoms with Gasteiger partial charge < -0.3 is 11.1 Å². The van der Waals surface area contributed by atoms with Crippen LogP contribution in [0.2, 0.25) is 5.15 Å². The summed E-state index contributed by atoms with van der Waals surface area (Å²) in [4.78, 5) is 27.4. The van der Waals surface area contributed by atoms with E-state index in [4.69, 9.17) is 17.3 Å². The zero-order valence-electron chi connectivity index (χ0n) is 19.0. The van der Waals surface area contributed by atoms with Gasteiger partial charge >= 0.3 is 11.4 Å². The van der Waals surface area contributed by atoms with Crippen molar-refractivity contribution in [2.75, 3.05) is 11.1 Å². The lowest BCUT2D eigenvalue weighted by molar-refractivity contribution is -0.385. The Morgan fingerprint density at radius 2 is 1.37 bits per heavy atom. The van der Waals surface area contributed by atoms with Crippen molar-refractivity contribution < 1.29 is 9.85 Å². The normalized spacial score (nSPS) is 9.57. The van der Waals surface area contributed by atoms with E-state index in [2.05, 4.69) is 15.3 Å². The Hall–Kier alpha value is -4.57. The number of nitro groups is 2. The molecule has 4 aromatic rings. The Morgan fingerprint density at radius 3 is 1.86 bits per heavy atom. The van der Waals surface area contributed by atoms with Crippen LogP contribution in [0.1, 0.15) is 11.1 Å². The molecular weight excluding hydrogens is 472 g/mol. The van der Waals surface area contributed by atoms with Crippen molar-refractivity contribution in [2.45, 2.75) is 13.8 Å². The van der Waals surface area contributed by atoms with Crippen molar-refractivity contribution >= 4 is 40.2 Å². The largest absolute Gasteiger partial charge is 0.399 e. The fourth-order valence-corrected chi connectivity index (χ4v) is 2.87. The Morgan fingerprint density at radius 1 is 0.800 bits per heavy atom. The number of hydrogen-bond acceptors (Lipinski definition) is 8. The smallest absolute Gasteiger partial charge is 0.311 e. The van der Waals surface area contributed by atoms with Crippen molar-refractivity contribution in [1.82, 2.24) is 9.97 Å². The summed E-state index contributed by atoms with van der Waals surface area (Å²) in [7, 11) is 0. The summed E-state index contributed by atoms with van der Waals surface area (Å²) >= 11 is 5.37. The number of anilines is 3. The molecule has 0 bridgehead atoms. The van der Waals surface area contributed by atoms with Crippen molar-refractivity contribution in [3.05, 3.63) is 122 Å². The zero-order valence-corrected chi connectivity index (χ0v) is 19.7. The Bertz CT molecular complexity index is 1290. The third kappa shape index (κ3) is 9.06. The number of halogens is 1. The van der Waals surface area contributed by atoms with E-state index in [1.54, 1.807) is 6.07 Å². The van der Waals surface area contributed by atoms with Gasteiger partial charge in [-0.3, -0.25) is 20.2 Å². The minimum atomic E-state index is -0.574. The molecule has 0 atom stereocenters. The number of aryl methyl sites for hydroxylation is 2. The minimum absolute atomic E-state index is 0.0333. The van der Waals surface area contributed by atoms with Crippen molar-refractivity contribution in [3.63, 3.8) is 0 Å². The highest BCUT2D eigenvalue weighted by atomic mass is 35.5. The highest BCUT2D eigenvalue weighted by Crippen LogP contribution is 2.24. The molecule has 0 spiro atoms. The molecule has 0 saturated heterocycles. The molecule has 2 aromatic heterocycles. The molecule has 180 valence electrons. The fraction of sp³-hybridized carbons (Fsp3) is 0.0833. The van der Waals surface area contributed by atoms with Crippen LogP contribution in [0.25, 0.3) is 0 Å². The van der Waals surface area contributed by atoms with Gasteiger partial charge in [-0.1, -0.05) is 35.9 Å². The standard InChI is InChI=1S/C12H11N3O2.C7H9N.C5H3ClN2O2/c1-9-4-2-5-10(8-9)14-12-11(15(16)17)6-3-7-13-12;1-6-3-2-4-7(8)5-6;6-5-4(8(9)10)2-1-3-7-5/h2-8H,1H3,(H,13,14);2-5H,8H2,1H3;1-3H. The van der Waals surface area contributed by atoms with E-state index in [1.165, 1.54) is 36.2 Å². The number of aromatic nitrogens is 2. The van der Waals surface area contributed by atoms with Crippen LogP contribution < -0.4 is 11.1 Å². The summed E-state index contributed by atoms with van der Waals surface area (Å²) in [5, 5.41) is 23.8. The average molecular weight is 495 g/mol. The van der Waals surface area contributed by atoms with E-state index in [0.717, 1.165) is 16.9 Å². The summed E-state index contributed by atoms with van der Waals surface area (Å²) in [6.07, 6.45) is 2.92. The topological polar surface area (TPSA) is 150 Å². The maximum Gasteiger partial charge on any atom is 0.311 e. The average Bonchev–Trinajstić information content (AvgIpc) is 2.80. The lowest BCUT2D eigenvalue weighted by atomic mass is 10.2. The number of nitrogens with two attached hydrogens (primary N) is 1. The van der Waals surface area contributed by atoms with Crippen LogP contribution in [-0.4, -0.2) is 19.8 Å². The molecule has 2 aromatic carbocycles. The van der Waals surface area contributed by atoms with Crippen LogP contribution >= 0.6 is 11.6 Å². The predicted octanol–water partition coefficient (Wildman–Crippen LogP) is 6.26. The Labute approximate surface area is 206 Å². The number of benzene rings is 2. The van der Waals surface area contributed by atoms with Crippen molar-refractivity contribution in [1.29, 1.82) is 0 Å². The number of nitrogen functional groups attached to an aromatic ring is 1. The number of nitrogens with zero attached hydrogens (tertiary/aromatic N) is 4. The predicted molar refractivity (Wildman–Crippen MR) is 137 cm³/mol. The first-order valence-corrected chi connectivity index (χ1v) is 10.6. The van der Waals surface area contributed by atoms with Gasteiger partial charge in [0.1, 0.15) is 0 Å². The van der Waals surface area contributed by atoms with Crippen LogP contribution in [0.15, 0.2) is 85.2 Å². The van der Waals surface area contributed by atoms with Gasteiger partial charge in [-0.2, -0.15) is 0 Å². The number of nitrogens with one attached hydrogen (secondary N) is 1. The maximum absolute atomic E-state index is 10.8. The summed E-state index contributed by atoms with van der Waals surface area (Å²) in [5.74, 6) is 0.253. The minimum Gasteiger partial charge on any atom is -0.399 e. The number of hydrogen-bond donors (Lipinski definition) is 2. The molecule has 35 heavy (non-hydrogen) atoms. The first-order valence-electron chi connectivity index (χ1n) is 10.2. The Kier molecular flexibility index (Phi) is 10.1. The van der Waals surface area contributed by atoms with Gasteiger partial charge in [0.2, 0.25) is 11.0 Å². The number of pyridine rings is 2. The molecule has 10 nitrogen and oxygen atoms in total. The van der Waals surface area contributed by atoms with Crippen LogP contribution in [0.4, 0.5) is 28.6 Å². The molecule has 2 heterocycles. The van der Waals surface area contributed by atoms with E-state index in [-0.39, 0.29) is 22.3 Å². The Balaban J connectivity index is 0.000000204. The van der Waals surface area contributed by atoms with Crippen LogP contribution in [0, 0.1) is 34.1 Å². The summed E-state index contributed by atoms with van der Waals surface area (Å²) in [6, 6.07) is 21.1. The van der Waals surface area contributed by atoms with Gasteiger partial charge in [0, 0.05) is 35.9 Å². The second-order valence-electron chi connectivity index (χ2n) is 7.11. The third-order valence-electron chi connectivity index (χ3n) is 4.24. The third-order valence-corrected chi connectivity index (χ3v) is 4.53. The molecule has 0 radical (unpaired) electrons. The molecule has 0 saturated carbocycles. The molecule has 0 aliphatic rings. The molecular formula is C24H23ClN6O4. The van der Waals surface area contributed by atoms with Crippen molar-refractivity contribution in [3.8, 4) is 0 Å². The van der Waals surface area contributed by atoms with Gasteiger partial charge in [0.05, 0.1) is 9.85 Å². The molecule has 4 rings (SSSR count). The van der Waals surface area contributed by atoms with Gasteiger partial charge in [-0.25, -0.2) is 9.97 Å². The van der Waals surface area contributed by atoms with E-state index in [9.17, 15) is 20.2 Å². The molecule has 0 fully saturated rings. The van der Waals surface area contributed by atoms with E-state index in [0.29, 0.717) is 0 Å². The first-order chi connectivity index (χ1) is 16.7. The lowest BCUT2D eigenvalue weighted by Gasteiger charge is -2.06. The monoisotopic (exact) mass is 494 g/mol. The second-order valence-corrected chi connectivity index (χ2v) is 7.47. The highest BCUT2D eigenvalue weighted by Gasteiger charge is 2.13. The zero-order chi connectivity index (χ0) is 25.8. The van der Waals surface area contributed by atoms with Gasteiger partial charge in [-0.05, 0) is 61.4 Å². The molecule has 0 unspecified atom stereocenters. The molecule has 0 aliphatic heterocycles. The summed E-state index contributed by atoms with van der Waals surface area (Å²) < 4.78 is 0. The van der Waals surface area contributed by atoms with Crippen LogP contribution in [0.5, 0.6) is 0 Å². The lowest BCUT2D eigenvalue weighted by Crippen LogP contribution is -1.99. The second kappa shape index (κ2) is 13.2. The molecule has 0 amide bonds. The van der Waals surface area contributed by atoms with Gasteiger partial charge in [0.25, 0.3) is 0 Å². The van der Waals surface area contributed by atoms with Gasteiger partial charge in [-0.15, -0.1) is 0 Å². The van der Waals surface area contributed by atoms with Gasteiger partial charge in [0.15, 0.2) is 0 Å². The molecule has 3 N–H and O–H groups in total. The van der Waals surface area contributed by atoms with E-state index < -0.39 is 9.85 Å². The van der Waals surface area contributed by atoms with E-state index >= 15 is 0 Å². The molecule has 0 aliphatic carbocycles.